The van der Waals surface area contributed by atoms with Gasteiger partial charge in [-0.05, 0) is 46.0 Å². The molecule has 0 saturated carbocycles. The molecule has 7 heteroatoms. The van der Waals surface area contributed by atoms with Crippen molar-refractivity contribution in [2.75, 3.05) is 47.8 Å². The van der Waals surface area contributed by atoms with Crippen LogP contribution in [0.5, 0.6) is 0 Å². The molecule has 1 rings (SSSR count). The van der Waals surface area contributed by atoms with Crippen LogP contribution in [0.25, 0.3) is 0 Å². The minimum absolute atomic E-state index is 0. The lowest BCUT2D eigenvalue weighted by molar-refractivity contribution is 0.0163. The number of halogens is 1. The van der Waals surface area contributed by atoms with Gasteiger partial charge in [0.15, 0.2) is 5.96 Å². The van der Waals surface area contributed by atoms with Crippen molar-refractivity contribution in [3.05, 3.63) is 0 Å². The maximum Gasteiger partial charge on any atom is 0.410 e. The summed E-state index contributed by atoms with van der Waals surface area (Å²) in [6.07, 6.45) is 3.02. The van der Waals surface area contributed by atoms with E-state index in [2.05, 4.69) is 4.99 Å². The predicted octanol–water partition coefficient (Wildman–Crippen LogP) is 3.12. The standard InChI is InChI=1S/C17H34N4O2.HI/c1-17(2,3)23-16(22)21-12-8-9-14(13-21)10-11-18-15(19(4)5)20(6)7;/h14H,8-13H2,1-7H3;1H. The smallest absolute Gasteiger partial charge is 0.410 e. The topological polar surface area (TPSA) is 48.4 Å². The third kappa shape index (κ3) is 8.39. The Labute approximate surface area is 164 Å². The van der Waals surface area contributed by atoms with Gasteiger partial charge in [-0.25, -0.2) is 4.79 Å². The summed E-state index contributed by atoms with van der Waals surface area (Å²) >= 11 is 0. The Hall–Kier alpha value is -0.730. The summed E-state index contributed by atoms with van der Waals surface area (Å²) in [7, 11) is 8.01. The third-order valence-corrected chi connectivity index (χ3v) is 3.76. The zero-order valence-electron chi connectivity index (χ0n) is 16.3. The second-order valence-corrected chi connectivity index (χ2v) is 7.69. The molecule has 1 aliphatic rings. The number of hydrogen-bond acceptors (Lipinski definition) is 3. The summed E-state index contributed by atoms with van der Waals surface area (Å²) < 4.78 is 5.48. The number of aliphatic imine (C=N–C) groups is 1. The second kappa shape index (κ2) is 10.3. The van der Waals surface area contributed by atoms with Crippen LogP contribution in [0.2, 0.25) is 0 Å². The molecule has 142 valence electrons. The molecule has 1 heterocycles. The lowest BCUT2D eigenvalue weighted by Gasteiger charge is -2.34. The predicted molar refractivity (Wildman–Crippen MR) is 110 cm³/mol. The quantitative estimate of drug-likeness (QED) is 0.374. The van der Waals surface area contributed by atoms with Gasteiger partial charge in [0, 0.05) is 47.8 Å². The van der Waals surface area contributed by atoms with Crippen LogP contribution >= 0.6 is 24.0 Å². The molecule has 0 spiro atoms. The molecule has 0 aliphatic carbocycles. The number of carbonyl (C=O) groups excluding carboxylic acids is 1. The molecule has 0 aromatic heterocycles. The molecular formula is C17H35IN4O2. The first-order valence-electron chi connectivity index (χ1n) is 8.47. The van der Waals surface area contributed by atoms with Crippen molar-refractivity contribution in [3.8, 4) is 0 Å². The van der Waals surface area contributed by atoms with Crippen molar-refractivity contribution < 1.29 is 9.53 Å². The number of ether oxygens (including phenoxy) is 1. The Morgan fingerprint density at radius 3 is 2.29 bits per heavy atom. The van der Waals surface area contributed by atoms with Crippen molar-refractivity contribution in [1.82, 2.24) is 14.7 Å². The molecule has 0 radical (unpaired) electrons. The summed E-state index contributed by atoms with van der Waals surface area (Å²) in [4.78, 5) is 22.8. The fourth-order valence-corrected chi connectivity index (χ4v) is 2.82. The van der Waals surface area contributed by atoms with Crippen LogP contribution in [0.4, 0.5) is 4.79 Å². The van der Waals surface area contributed by atoms with Gasteiger partial charge < -0.3 is 19.4 Å². The number of nitrogens with zero attached hydrogens (tertiary/aromatic N) is 4. The molecule has 24 heavy (non-hydrogen) atoms. The largest absolute Gasteiger partial charge is 0.444 e. The lowest BCUT2D eigenvalue weighted by atomic mass is 9.95. The molecule has 0 bridgehead atoms. The molecule has 0 aromatic carbocycles. The van der Waals surface area contributed by atoms with E-state index < -0.39 is 5.60 Å². The zero-order valence-corrected chi connectivity index (χ0v) is 18.7. The van der Waals surface area contributed by atoms with E-state index in [-0.39, 0.29) is 30.1 Å². The molecule has 1 amide bonds. The van der Waals surface area contributed by atoms with Gasteiger partial charge in [0.25, 0.3) is 0 Å². The molecule has 1 saturated heterocycles. The van der Waals surface area contributed by atoms with Crippen molar-refractivity contribution in [1.29, 1.82) is 0 Å². The summed E-state index contributed by atoms with van der Waals surface area (Å²) in [5.74, 6) is 1.48. The van der Waals surface area contributed by atoms with Crippen LogP contribution in [-0.4, -0.2) is 80.2 Å². The highest BCUT2D eigenvalue weighted by molar-refractivity contribution is 14.0. The van der Waals surface area contributed by atoms with E-state index in [1.165, 1.54) is 0 Å². The van der Waals surface area contributed by atoms with Crippen LogP contribution < -0.4 is 0 Å². The molecular weight excluding hydrogens is 419 g/mol. The van der Waals surface area contributed by atoms with Crippen LogP contribution in [0.1, 0.15) is 40.0 Å². The Morgan fingerprint density at radius 2 is 1.79 bits per heavy atom. The Kier molecular flexibility index (Phi) is 9.99. The normalized spacial score (nSPS) is 17.6. The molecule has 1 fully saturated rings. The highest BCUT2D eigenvalue weighted by Crippen LogP contribution is 2.21. The molecule has 0 aromatic rings. The number of carbonyl (C=O) groups is 1. The SMILES string of the molecule is CN(C)C(=NCCC1CCCN(C(=O)OC(C)(C)C)C1)N(C)C.I. The van der Waals surface area contributed by atoms with Crippen molar-refractivity contribution in [3.63, 3.8) is 0 Å². The monoisotopic (exact) mass is 454 g/mol. The lowest BCUT2D eigenvalue weighted by Crippen LogP contribution is -2.43. The minimum Gasteiger partial charge on any atom is -0.444 e. The van der Waals surface area contributed by atoms with Gasteiger partial charge in [0.2, 0.25) is 0 Å². The molecule has 1 unspecified atom stereocenters. The second-order valence-electron chi connectivity index (χ2n) is 7.69. The van der Waals surface area contributed by atoms with Gasteiger partial charge >= 0.3 is 6.09 Å². The first kappa shape index (κ1) is 23.3. The number of hydrogen-bond donors (Lipinski definition) is 0. The summed E-state index contributed by atoms with van der Waals surface area (Å²) in [6.45, 7) is 8.10. The first-order chi connectivity index (χ1) is 10.6. The van der Waals surface area contributed by atoms with Gasteiger partial charge in [0.1, 0.15) is 5.60 Å². The van der Waals surface area contributed by atoms with Crippen molar-refractivity contribution >= 4 is 36.0 Å². The molecule has 1 aliphatic heterocycles. The van der Waals surface area contributed by atoms with Gasteiger partial charge in [-0.1, -0.05) is 0 Å². The van der Waals surface area contributed by atoms with E-state index >= 15 is 0 Å². The third-order valence-electron chi connectivity index (χ3n) is 3.76. The first-order valence-corrected chi connectivity index (χ1v) is 8.47. The highest BCUT2D eigenvalue weighted by atomic mass is 127. The average Bonchev–Trinajstić information content (AvgIpc) is 2.41. The highest BCUT2D eigenvalue weighted by Gasteiger charge is 2.27. The van der Waals surface area contributed by atoms with Crippen molar-refractivity contribution in [2.24, 2.45) is 10.9 Å². The van der Waals surface area contributed by atoms with E-state index in [1.54, 1.807) is 0 Å². The van der Waals surface area contributed by atoms with Crippen LogP contribution in [0.15, 0.2) is 4.99 Å². The van der Waals surface area contributed by atoms with Gasteiger partial charge in [-0.3, -0.25) is 4.99 Å². The van der Waals surface area contributed by atoms with Gasteiger partial charge in [-0.15, -0.1) is 24.0 Å². The Balaban J connectivity index is 0.00000529. The van der Waals surface area contributed by atoms with Crippen LogP contribution in [0, 0.1) is 5.92 Å². The average molecular weight is 454 g/mol. The van der Waals surface area contributed by atoms with E-state index in [0.717, 1.165) is 44.9 Å². The molecule has 6 nitrogen and oxygen atoms in total. The van der Waals surface area contributed by atoms with Crippen LogP contribution in [0.3, 0.4) is 0 Å². The van der Waals surface area contributed by atoms with Gasteiger partial charge in [-0.2, -0.15) is 0 Å². The molecule has 0 N–H and O–H groups in total. The van der Waals surface area contributed by atoms with E-state index in [0.29, 0.717) is 5.92 Å². The number of guanidine groups is 1. The fourth-order valence-electron chi connectivity index (χ4n) is 2.82. The van der Waals surface area contributed by atoms with E-state index in [9.17, 15) is 4.79 Å². The maximum absolute atomic E-state index is 12.2. The number of piperidine rings is 1. The minimum atomic E-state index is -0.430. The summed E-state index contributed by atoms with van der Waals surface area (Å²) in [5, 5.41) is 0. The Morgan fingerprint density at radius 1 is 1.21 bits per heavy atom. The number of amides is 1. The Bertz CT molecular complexity index is 409. The molecule has 1 atom stereocenters. The number of rotatable bonds is 3. The fraction of sp³-hybridized carbons (Fsp3) is 0.882. The summed E-state index contributed by atoms with van der Waals surface area (Å²) in [6, 6.07) is 0. The van der Waals surface area contributed by atoms with Crippen LogP contribution in [-0.2, 0) is 4.74 Å². The van der Waals surface area contributed by atoms with E-state index in [1.807, 2.05) is 63.7 Å². The van der Waals surface area contributed by atoms with Gasteiger partial charge in [0.05, 0.1) is 0 Å². The zero-order chi connectivity index (χ0) is 17.6. The van der Waals surface area contributed by atoms with Crippen molar-refractivity contribution in [2.45, 2.75) is 45.6 Å². The maximum atomic E-state index is 12.2. The summed E-state index contributed by atoms with van der Waals surface area (Å²) in [5.41, 5.74) is -0.430. The van der Waals surface area contributed by atoms with E-state index in [4.69, 9.17) is 4.74 Å². The number of likely N-dealkylation sites (tertiary alicyclic amines) is 1.